The van der Waals surface area contributed by atoms with Gasteiger partial charge in [0, 0.05) is 17.2 Å². The maximum Gasteiger partial charge on any atom is 0.343 e. The minimum absolute atomic E-state index is 0.283. The number of hydrogen-bond donors (Lipinski definition) is 16. The van der Waals surface area contributed by atoms with Gasteiger partial charge in [-0.2, -0.15) is 0 Å². The Bertz CT molecular complexity index is 2950. The van der Waals surface area contributed by atoms with Crippen LogP contribution in [0, 0.1) is 0 Å². The van der Waals surface area contributed by atoms with E-state index in [0.29, 0.717) is 36.4 Å². The SMILES string of the molecule is O=CC(OC(=O)c1cc(O)c(O)c(O)c1Oc1cc(C(=O)O)cc(O)c1O)C(OC(=O)c1cc(O)c(O)c(O)c1)C1OC(=O)c2cc(O)c(O)c(O)c2-c2c(cc(O)c(O)c2O)C(=O)OCC1O. The predicted molar refractivity (Wildman–Crippen MR) is 212 cm³/mol. The Balaban J connectivity index is 1.52. The van der Waals surface area contributed by atoms with E-state index in [1.165, 1.54) is 0 Å². The molecule has 0 bridgehead atoms. The third-order valence-corrected chi connectivity index (χ3v) is 9.72. The minimum Gasteiger partial charge on any atom is -0.504 e. The Morgan fingerprint density at radius 2 is 1.06 bits per heavy atom. The molecule has 0 saturated heterocycles. The summed E-state index contributed by atoms with van der Waals surface area (Å²) in [6.45, 7) is -1.45. The van der Waals surface area contributed by atoms with Crippen molar-refractivity contribution in [1.82, 2.24) is 0 Å². The zero-order valence-electron chi connectivity index (χ0n) is 33.3. The summed E-state index contributed by atoms with van der Waals surface area (Å²) in [5.41, 5.74) is -7.45. The molecule has 0 saturated carbocycles. The number of benzene rings is 5. The molecule has 27 nitrogen and oxygen atoms in total. The van der Waals surface area contributed by atoms with Gasteiger partial charge in [-0.1, -0.05) is 0 Å². The monoisotopic (exact) mass is 954 g/mol. The number of aldehydes is 1. The van der Waals surface area contributed by atoms with Crippen molar-refractivity contribution < 1.29 is 134 Å². The summed E-state index contributed by atoms with van der Waals surface area (Å²) in [5, 5.41) is 166. The van der Waals surface area contributed by atoms with Gasteiger partial charge in [0.1, 0.15) is 18.3 Å². The number of fused-ring (bicyclic) bond motifs is 3. The van der Waals surface area contributed by atoms with Crippen LogP contribution >= 0.6 is 0 Å². The number of aromatic hydroxyl groups is 14. The van der Waals surface area contributed by atoms with Gasteiger partial charge in [0.2, 0.25) is 28.7 Å². The Kier molecular flexibility index (Phi) is 12.5. The lowest BCUT2D eigenvalue weighted by atomic mass is 9.92. The summed E-state index contributed by atoms with van der Waals surface area (Å²) in [6.07, 6.45) is -11.4. The molecule has 1 aliphatic heterocycles. The highest BCUT2D eigenvalue weighted by Crippen LogP contribution is 2.53. The van der Waals surface area contributed by atoms with Crippen LogP contribution < -0.4 is 4.74 Å². The van der Waals surface area contributed by atoms with Crippen LogP contribution in [0.4, 0.5) is 0 Å². The first-order chi connectivity index (χ1) is 31.9. The van der Waals surface area contributed by atoms with E-state index in [2.05, 4.69) is 0 Å². The van der Waals surface area contributed by atoms with E-state index in [1.807, 2.05) is 0 Å². The quantitative estimate of drug-likeness (QED) is 0.0407. The number of aliphatic hydroxyl groups excluding tert-OH is 1. The van der Waals surface area contributed by atoms with Gasteiger partial charge in [-0.25, -0.2) is 24.0 Å². The highest BCUT2D eigenvalue weighted by Gasteiger charge is 2.45. The molecular formula is C41H30O27. The maximum absolute atomic E-state index is 14.2. The number of phenols is 14. The van der Waals surface area contributed by atoms with Crippen molar-refractivity contribution in [1.29, 1.82) is 0 Å². The average molecular weight is 955 g/mol. The molecule has 0 radical (unpaired) electrons. The number of aliphatic hydroxyl groups is 1. The van der Waals surface area contributed by atoms with Crippen molar-refractivity contribution in [2.75, 3.05) is 6.61 Å². The first-order valence-electron chi connectivity index (χ1n) is 18.4. The van der Waals surface area contributed by atoms with Gasteiger partial charge < -0.3 is 105 Å². The first kappa shape index (κ1) is 47.6. The molecule has 0 spiro atoms. The second-order valence-corrected chi connectivity index (χ2v) is 14.0. The number of aromatic carboxylic acids is 1. The van der Waals surface area contributed by atoms with Crippen molar-refractivity contribution in [3.63, 3.8) is 0 Å². The molecule has 0 fully saturated rings. The maximum atomic E-state index is 14.2. The number of carboxylic acids is 1. The summed E-state index contributed by atoms with van der Waals surface area (Å²) >= 11 is 0. The number of carbonyl (C=O) groups is 6. The Morgan fingerprint density at radius 1 is 0.574 bits per heavy atom. The summed E-state index contributed by atoms with van der Waals surface area (Å²) < 4.78 is 26.2. The highest BCUT2D eigenvalue weighted by atomic mass is 16.6. The molecule has 4 atom stereocenters. The first-order valence-corrected chi connectivity index (χ1v) is 18.4. The summed E-state index contributed by atoms with van der Waals surface area (Å²) in [5.74, 6) is -30.2. The van der Waals surface area contributed by atoms with Gasteiger partial charge in [-0.15, -0.1) is 0 Å². The van der Waals surface area contributed by atoms with E-state index in [4.69, 9.17) is 23.7 Å². The molecule has 1 aliphatic rings. The van der Waals surface area contributed by atoms with Gasteiger partial charge in [-0.05, 0) is 36.4 Å². The molecule has 27 heteroatoms. The smallest absolute Gasteiger partial charge is 0.343 e. The van der Waals surface area contributed by atoms with Gasteiger partial charge >= 0.3 is 29.8 Å². The van der Waals surface area contributed by atoms with Crippen molar-refractivity contribution in [2.24, 2.45) is 0 Å². The molecule has 68 heavy (non-hydrogen) atoms. The standard InChI is InChI=1S/C41H30O27/c42-8-23(66-41(63)14-7-20(48)30(54)33(57)34(14)65-22-4-10(37(58)59)1-17(45)27(22)51)36(68-38(60)11-2-15(43)26(50)16(44)3-11)35-21(49)9-64-39(61)12-5-18(46)28(52)31(55)24(12)25-13(40(62)67-35)6-19(47)29(53)32(25)56/h1-8,21,23,35-36,43-57H,9H2,(H,58,59). The van der Waals surface area contributed by atoms with Crippen LogP contribution in [0.15, 0.2) is 42.5 Å². The number of phenolic OH excluding ortho intramolecular Hbond substituents is 14. The van der Waals surface area contributed by atoms with Crippen LogP contribution in [-0.2, 0) is 23.7 Å². The molecule has 356 valence electrons. The molecule has 0 amide bonds. The highest BCUT2D eigenvalue weighted by molar-refractivity contribution is 6.08. The van der Waals surface area contributed by atoms with Crippen LogP contribution in [-0.4, -0.2) is 149 Å². The van der Waals surface area contributed by atoms with Crippen molar-refractivity contribution >= 4 is 36.1 Å². The van der Waals surface area contributed by atoms with Crippen LogP contribution in [0.25, 0.3) is 11.1 Å². The topological polar surface area (TPSA) is 472 Å². The fourth-order valence-electron chi connectivity index (χ4n) is 6.38. The molecule has 16 N–H and O–H groups in total. The van der Waals surface area contributed by atoms with Gasteiger partial charge in [0.05, 0.1) is 22.3 Å². The fourth-order valence-corrected chi connectivity index (χ4v) is 6.38. The Morgan fingerprint density at radius 3 is 1.60 bits per heavy atom. The second kappa shape index (κ2) is 17.9. The van der Waals surface area contributed by atoms with Crippen molar-refractivity contribution in [3.8, 4) is 103 Å². The van der Waals surface area contributed by atoms with E-state index in [-0.39, 0.29) is 6.07 Å². The zero-order valence-corrected chi connectivity index (χ0v) is 33.3. The van der Waals surface area contributed by atoms with Crippen molar-refractivity contribution in [3.05, 3.63) is 70.3 Å². The molecule has 5 aromatic rings. The molecule has 6 rings (SSSR count). The number of carboxylic acid groups (broad SMARTS) is 1. The summed E-state index contributed by atoms with van der Waals surface area (Å²) in [4.78, 5) is 80.0. The Hall–Kier alpha value is -9.92. The van der Waals surface area contributed by atoms with Gasteiger partial charge in [0.15, 0.2) is 87.8 Å². The zero-order chi connectivity index (χ0) is 50.4. The lowest BCUT2D eigenvalue weighted by molar-refractivity contribution is -0.142. The molecular weight excluding hydrogens is 924 g/mol. The van der Waals surface area contributed by atoms with Crippen LogP contribution in [0.1, 0.15) is 51.8 Å². The largest absolute Gasteiger partial charge is 0.504 e. The molecule has 5 aromatic carbocycles. The fraction of sp³-hybridized carbons (Fsp3) is 0.122. The number of esters is 4. The second-order valence-electron chi connectivity index (χ2n) is 14.0. The van der Waals surface area contributed by atoms with Crippen LogP contribution in [0.2, 0.25) is 0 Å². The number of hydrogen-bond acceptors (Lipinski definition) is 26. The third kappa shape index (κ3) is 8.55. The minimum atomic E-state index is -2.83. The van der Waals surface area contributed by atoms with Crippen molar-refractivity contribution in [2.45, 2.75) is 24.4 Å². The molecule has 0 aromatic heterocycles. The summed E-state index contributed by atoms with van der Waals surface area (Å²) in [7, 11) is 0. The lowest BCUT2D eigenvalue weighted by Gasteiger charge is -2.32. The van der Waals surface area contributed by atoms with E-state index in [0.717, 1.165) is 0 Å². The normalized spacial score (nSPS) is 15.5. The number of carbonyl (C=O) groups excluding carboxylic acids is 5. The van der Waals surface area contributed by atoms with E-state index in [1.54, 1.807) is 0 Å². The number of rotatable bonds is 10. The van der Waals surface area contributed by atoms with Gasteiger partial charge in [-0.3, -0.25) is 4.79 Å². The lowest BCUT2D eigenvalue weighted by Crippen LogP contribution is -2.52. The van der Waals surface area contributed by atoms with Crippen LogP contribution in [0.3, 0.4) is 0 Å². The van der Waals surface area contributed by atoms with E-state index >= 15 is 0 Å². The van der Waals surface area contributed by atoms with E-state index in [9.17, 15) is 110 Å². The average Bonchev–Trinajstić information content (AvgIpc) is 3.30. The molecule has 1 heterocycles. The van der Waals surface area contributed by atoms with E-state index < -0.39 is 198 Å². The Labute approximate surface area is 374 Å². The number of ether oxygens (including phenoxy) is 5. The predicted octanol–water partition coefficient (Wildman–Crippen LogP) is 1.43. The molecule has 4 unspecified atom stereocenters. The number of cyclic esters (lactones) is 2. The molecule has 0 aliphatic carbocycles. The third-order valence-electron chi connectivity index (χ3n) is 9.72. The summed E-state index contributed by atoms with van der Waals surface area (Å²) in [6, 6.07) is 3.02. The van der Waals surface area contributed by atoms with Gasteiger partial charge in [0.25, 0.3) is 0 Å². The van der Waals surface area contributed by atoms with Crippen LogP contribution in [0.5, 0.6) is 92.0 Å².